The van der Waals surface area contributed by atoms with Crippen molar-refractivity contribution in [3.63, 3.8) is 0 Å². The quantitative estimate of drug-likeness (QED) is 0.756. The number of nitrogens with zero attached hydrogens (tertiary/aromatic N) is 2. The minimum Gasteiger partial charge on any atom is -0.369 e. The molecule has 0 saturated carbocycles. The topological polar surface area (TPSA) is 25.4 Å². The highest BCUT2D eigenvalue weighted by molar-refractivity contribution is 9.10. The molecule has 0 amide bonds. The second-order valence-electron chi connectivity index (χ2n) is 5.33. The van der Waals surface area contributed by atoms with E-state index in [2.05, 4.69) is 61.7 Å². The van der Waals surface area contributed by atoms with Crippen LogP contribution in [0.1, 0.15) is 19.4 Å². The maximum Gasteiger partial charge on any atom is 0.0806 e. The summed E-state index contributed by atoms with van der Waals surface area (Å²) in [6.45, 7) is 7.12. The molecule has 1 aromatic rings. The van der Waals surface area contributed by atoms with Gasteiger partial charge in [-0.15, -0.1) is 0 Å². The smallest absolute Gasteiger partial charge is 0.0806 e. The number of pyridine rings is 1. The van der Waals surface area contributed by atoms with Gasteiger partial charge < -0.3 is 4.74 Å². The van der Waals surface area contributed by atoms with Crippen LogP contribution in [0.4, 0.5) is 0 Å². The molecular weight excluding hydrogens is 360 g/mol. The molecule has 2 rings (SSSR count). The van der Waals surface area contributed by atoms with Crippen molar-refractivity contribution in [2.75, 3.05) is 18.4 Å². The lowest BCUT2D eigenvalue weighted by Crippen LogP contribution is -2.52. The molecule has 100 valence electrons. The first-order valence-corrected chi connectivity index (χ1v) is 7.95. The third-order valence-corrected chi connectivity index (χ3v) is 4.05. The Morgan fingerprint density at radius 1 is 1.50 bits per heavy atom. The summed E-state index contributed by atoms with van der Waals surface area (Å²) < 4.78 is 7.03. The number of ether oxygens (including phenoxy) is 1. The van der Waals surface area contributed by atoms with Crippen molar-refractivity contribution in [1.29, 1.82) is 0 Å². The molecule has 1 fully saturated rings. The van der Waals surface area contributed by atoms with Crippen molar-refractivity contribution in [1.82, 2.24) is 9.88 Å². The van der Waals surface area contributed by atoms with Crippen molar-refractivity contribution in [3.8, 4) is 0 Å². The van der Waals surface area contributed by atoms with Crippen LogP contribution in [0.5, 0.6) is 0 Å². The average Bonchev–Trinajstić information content (AvgIpc) is 2.26. The summed E-state index contributed by atoms with van der Waals surface area (Å²) in [6, 6.07) is 2.12. The zero-order valence-electron chi connectivity index (χ0n) is 10.7. The van der Waals surface area contributed by atoms with Crippen LogP contribution >= 0.6 is 31.9 Å². The number of rotatable bonds is 3. The second kappa shape index (κ2) is 5.99. The molecule has 0 radical (unpaired) electrons. The number of alkyl halides is 1. The maximum atomic E-state index is 6.00. The molecule has 1 aliphatic heterocycles. The predicted molar refractivity (Wildman–Crippen MR) is 80.0 cm³/mol. The molecule has 3 nitrogen and oxygen atoms in total. The fraction of sp³-hybridized carbons (Fsp3) is 0.615. The van der Waals surface area contributed by atoms with Gasteiger partial charge in [-0.1, -0.05) is 15.9 Å². The first kappa shape index (κ1) is 14.4. The molecule has 1 atom stereocenters. The Morgan fingerprint density at radius 2 is 2.28 bits per heavy atom. The van der Waals surface area contributed by atoms with E-state index < -0.39 is 0 Å². The lowest BCUT2D eigenvalue weighted by Gasteiger charge is -2.42. The zero-order valence-corrected chi connectivity index (χ0v) is 13.9. The maximum absolute atomic E-state index is 6.00. The van der Waals surface area contributed by atoms with Gasteiger partial charge in [0.1, 0.15) is 0 Å². The van der Waals surface area contributed by atoms with Gasteiger partial charge in [-0.2, -0.15) is 0 Å². The van der Waals surface area contributed by atoms with Crippen molar-refractivity contribution in [2.45, 2.75) is 32.1 Å². The van der Waals surface area contributed by atoms with Gasteiger partial charge in [0.2, 0.25) is 0 Å². The van der Waals surface area contributed by atoms with Crippen LogP contribution in [0.3, 0.4) is 0 Å². The van der Waals surface area contributed by atoms with Crippen LogP contribution in [0.2, 0.25) is 0 Å². The largest absolute Gasteiger partial charge is 0.369 e. The molecule has 5 heteroatoms. The third kappa shape index (κ3) is 4.02. The summed E-state index contributed by atoms with van der Waals surface area (Å²) in [5.74, 6) is 0. The molecule has 0 aliphatic carbocycles. The highest BCUT2D eigenvalue weighted by atomic mass is 79.9. The molecule has 0 bridgehead atoms. The van der Waals surface area contributed by atoms with Crippen LogP contribution in [0.25, 0.3) is 0 Å². The molecule has 1 saturated heterocycles. The van der Waals surface area contributed by atoms with Crippen molar-refractivity contribution in [2.24, 2.45) is 0 Å². The highest BCUT2D eigenvalue weighted by Crippen LogP contribution is 2.23. The molecule has 1 aliphatic rings. The number of morpholine rings is 1. The number of hydrogen-bond donors (Lipinski definition) is 0. The van der Waals surface area contributed by atoms with E-state index in [1.807, 2.05) is 12.4 Å². The van der Waals surface area contributed by atoms with Gasteiger partial charge in [0.05, 0.1) is 11.7 Å². The summed E-state index contributed by atoms with van der Waals surface area (Å²) in [7, 11) is 0. The molecular formula is C13H18Br2N2O. The lowest BCUT2D eigenvalue weighted by atomic mass is 10.0. The van der Waals surface area contributed by atoms with E-state index in [1.165, 1.54) is 5.56 Å². The number of halogens is 2. The fourth-order valence-corrected chi connectivity index (χ4v) is 3.17. The molecule has 0 aromatic carbocycles. The summed E-state index contributed by atoms with van der Waals surface area (Å²) in [6.07, 6.45) is 4.00. The Balaban J connectivity index is 2.04. The summed E-state index contributed by atoms with van der Waals surface area (Å²) >= 11 is 6.98. The summed E-state index contributed by atoms with van der Waals surface area (Å²) in [5.41, 5.74) is 1.14. The summed E-state index contributed by atoms with van der Waals surface area (Å²) in [4.78, 5) is 6.64. The van der Waals surface area contributed by atoms with Crippen molar-refractivity contribution >= 4 is 31.9 Å². The van der Waals surface area contributed by atoms with Crippen molar-refractivity contribution in [3.05, 3.63) is 28.5 Å². The first-order chi connectivity index (χ1) is 8.48. The van der Waals surface area contributed by atoms with Crippen LogP contribution in [-0.4, -0.2) is 40.0 Å². The Labute approximate surface area is 125 Å². The Hall–Kier alpha value is 0.0300. The molecule has 1 unspecified atom stereocenters. The van der Waals surface area contributed by atoms with Gasteiger partial charge in [-0.25, -0.2) is 0 Å². The van der Waals surface area contributed by atoms with E-state index >= 15 is 0 Å². The third-order valence-electron chi connectivity index (χ3n) is 2.89. The Bertz CT molecular complexity index is 412. The van der Waals surface area contributed by atoms with Crippen LogP contribution < -0.4 is 0 Å². The second-order valence-corrected chi connectivity index (χ2v) is 6.90. The molecule has 0 N–H and O–H groups in total. The van der Waals surface area contributed by atoms with Gasteiger partial charge in [0, 0.05) is 41.8 Å². The number of hydrogen-bond acceptors (Lipinski definition) is 3. The minimum absolute atomic E-state index is 0.0872. The van der Waals surface area contributed by atoms with E-state index in [0.717, 1.165) is 29.4 Å². The molecule has 18 heavy (non-hydrogen) atoms. The van der Waals surface area contributed by atoms with E-state index in [4.69, 9.17) is 4.74 Å². The van der Waals surface area contributed by atoms with E-state index in [0.29, 0.717) is 0 Å². The van der Waals surface area contributed by atoms with Crippen LogP contribution in [-0.2, 0) is 11.3 Å². The Morgan fingerprint density at radius 3 is 2.94 bits per heavy atom. The van der Waals surface area contributed by atoms with Gasteiger partial charge in [0.15, 0.2) is 0 Å². The van der Waals surface area contributed by atoms with Crippen LogP contribution in [0.15, 0.2) is 22.9 Å². The first-order valence-electron chi connectivity index (χ1n) is 6.04. The minimum atomic E-state index is -0.0872. The van der Waals surface area contributed by atoms with E-state index in [9.17, 15) is 0 Å². The molecule has 0 spiro atoms. The van der Waals surface area contributed by atoms with Gasteiger partial charge >= 0.3 is 0 Å². The monoisotopic (exact) mass is 376 g/mol. The normalized spacial score (nSPS) is 24.1. The van der Waals surface area contributed by atoms with Gasteiger partial charge in [0.25, 0.3) is 0 Å². The van der Waals surface area contributed by atoms with E-state index in [-0.39, 0.29) is 11.7 Å². The Kier molecular flexibility index (Phi) is 4.80. The van der Waals surface area contributed by atoms with Crippen molar-refractivity contribution < 1.29 is 4.74 Å². The van der Waals surface area contributed by atoms with E-state index in [1.54, 1.807) is 0 Å². The SMILES string of the molecule is CC1(C)CN(Cc2cncc(Br)c2)CC(CBr)O1. The van der Waals surface area contributed by atoms with Crippen LogP contribution in [0, 0.1) is 0 Å². The summed E-state index contributed by atoms with van der Waals surface area (Å²) in [5, 5.41) is 0.879. The predicted octanol–water partition coefficient (Wildman–Crippen LogP) is 3.22. The molecule has 2 heterocycles. The zero-order chi connectivity index (χ0) is 13.2. The highest BCUT2D eigenvalue weighted by Gasteiger charge is 2.32. The average molecular weight is 378 g/mol. The van der Waals surface area contributed by atoms with Gasteiger partial charge in [-0.05, 0) is 41.4 Å². The molecule has 1 aromatic heterocycles. The van der Waals surface area contributed by atoms with Gasteiger partial charge in [-0.3, -0.25) is 9.88 Å². The number of aromatic nitrogens is 1. The fourth-order valence-electron chi connectivity index (χ4n) is 2.42. The lowest BCUT2D eigenvalue weighted by molar-refractivity contribution is -0.128. The standard InChI is InChI=1S/C13H18Br2N2O/c1-13(2)9-17(8-12(4-14)18-13)7-10-3-11(15)6-16-5-10/h3,5-6,12H,4,7-9H2,1-2H3.